The van der Waals surface area contributed by atoms with Crippen molar-refractivity contribution < 1.29 is 14.3 Å². The van der Waals surface area contributed by atoms with Gasteiger partial charge in [0.15, 0.2) is 11.5 Å². The molecule has 5 heteroatoms. The summed E-state index contributed by atoms with van der Waals surface area (Å²) < 4.78 is 12.0. The number of hydrogen-bond acceptors (Lipinski definition) is 3. The lowest BCUT2D eigenvalue weighted by molar-refractivity contribution is 0.102. The molecule has 0 aliphatic rings. The molecule has 0 aliphatic carbocycles. The van der Waals surface area contributed by atoms with E-state index in [4.69, 9.17) is 9.47 Å². The van der Waals surface area contributed by atoms with Crippen LogP contribution in [-0.4, -0.2) is 13.0 Å². The second-order valence-corrected chi connectivity index (χ2v) is 6.89. The van der Waals surface area contributed by atoms with Gasteiger partial charge in [0.2, 0.25) is 0 Å². The summed E-state index contributed by atoms with van der Waals surface area (Å²) in [6.07, 6.45) is 0. The molecule has 0 unspecified atom stereocenters. The highest BCUT2D eigenvalue weighted by molar-refractivity contribution is 9.10. The number of amides is 1. The van der Waals surface area contributed by atoms with E-state index in [1.807, 2.05) is 61.5 Å². The second-order valence-electron chi connectivity index (χ2n) is 6.03. The molecule has 3 aromatic rings. The van der Waals surface area contributed by atoms with Crippen molar-refractivity contribution in [3.05, 3.63) is 87.9 Å². The minimum absolute atomic E-state index is 0.210. The number of benzene rings is 3. The van der Waals surface area contributed by atoms with Gasteiger partial charge in [-0.15, -0.1) is 0 Å². The smallest absolute Gasteiger partial charge is 0.255 e. The van der Waals surface area contributed by atoms with Crippen molar-refractivity contribution in [1.82, 2.24) is 0 Å². The molecule has 0 spiro atoms. The highest BCUT2D eigenvalue weighted by Gasteiger charge is 2.16. The third-order valence-corrected chi connectivity index (χ3v) is 4.70. The van der Waals surface area contributed by atoms with Crippen molar-refractivity contribution in [3.63, 3.8) is 0 Å². The summed E-state index contributed by atoms with van der Waals surface area (Å²) in [7, 11) is 1.56. The van der Waals surface area contributed by atoms with Crippen LogP contribution in [0.25, 0.3) is 0 Å². The Hall–Kier alpha value is -2.79. The van der Waals surface area contributed by atoms with Crippen LogP contribution in [0.5, 0.6) is 11.5 Å². The average molecular weight is 426 g/mol. The van der Waals surface area contributed by atoms with Gasteiger partial charge in [0, 0.05) is 11.3 Å². The molecule has 1 amide bonds. The first kappa shape index (κ1) is 19.0. The monoisotopic (exact) mass is 425 g/mol. The highest BCUT2D eigenvalue weighted by Crippen LogP contribution is 2.37. The van der Waals surface area contributed by atoms with Gasteiger partial charge in [-0.3, -0.25) is 4.79 Å². The summed E-state index contributed by atoms with van der Waals surface area (Å²) in [5.41, 5.74) is 3.31. The molecule has 138 valence electrons. The van der Waals surface area contributed by atoms with Crippen molar-refractivity contribution >= 4 is 27.5 Å². The number of para-hydroxylation sites is 1. The molecule has 0 radical (unpaired) electrons. The average Bonchev–Trinajstić information content (AvgIpc) is 2.69. The highest BCUT2D eigenvalue weighted by atomic mass is 79.9. The van der Waals surface area contributed by atoms with Crippen LogP contribution < -0.4 is 14.8 Å². The van der Waals surface area contributed by atoms with Gasteiger partial charge in [-0.25, -0.2) is 0 Å². The normalized spacial score (nSPS) is 10.3. The second kappa shape index (κ2) is 8.73. The largest absolute Gasteiger partial charge is 0.493 e. The number of rotatable bonds is 6. The molecule has 1 N–H and O–H groups in total. The number of carbonyl (C=O) groups excluding carboxylic acids is 1. The standard InChI is InChI=1S/C22H20BrNO3/c1-15-8-6-7-11-19(15)24-22(25)17-12-18(23)21(20(13-17)26-2)27-14-16-9-4-3-5-10-16/h3-13H,14H2,1-2H3,(H,24,25). The molecule has 0 saturated carbocycles. The van der Waals surface area contributed by atoms with E-state index in [0.29, 0.717) is 28.1 Å². The predicted octanol–water partition coefficient (Wildman–Crippen LogP) is 5.60. The first-order valence-corrected chi connectivity index (χ1v) is 9.29. The van der Waals surface area contributed by atoms with Crippen molar-refractivity contribution in [2.45, 2.75) is 13.5 Å². The SMILES string of the molecule is COc1cc(C(=O)Nc2ccccc2C)cc(Br)c1OCc1ccccc1. The summed E-state index contributed by atoms with van der Waals surface area (Å²) >= 11 is 3.50. The summed E-state index contributed by atoms with van der Waals surface area (Å²) in [6, 6.07) is 20.9. The molecule has 0 aliphatic heterocycles. The quantitative estimate of drug-likeness (QED) is 0.559. The summed E-state index contributed by atoms with van der Waals surface area (Å²) in [5.74, 6) is 0.849. The van der Waals surface area contributed by atoms with Crippen LogP contribution in [-0.2, 0) is 6.61 Å². The summed E-state index contributed by atoms with van der Waals surface area (Å²) in [6.45, 7) is 2.36. The maximum absolute atomic E-state index is 12.6. The number of nitrogens with one attached hydrogen (secondary N) is 1. The Morgan fingerprint density at radius 2 is 1.74 bits per heavy atom. The third-order valence-electron chi connectivity index (χ3n) is 4.11. The van der Waals surface area contributed by atoms with E-state index in [-0.39, 0.29) is 5.91 Å². The molecule has 0 atom stereocenters. The molecule has 0 fully saturated rings. The maximum atomic E-state index is 12.6. The fraction of sp³-hybridized carbons (Fsp3) is 0.136. The van der Waals surface area contributed by atoms with E-state index < -0.39 is 0 Å². The van der Waals surface area contributed by atoms with Gasteiger partial charge in [-0.05, 0) is 52.2 Å². The zero-order valence-electron chi connectivity index (χ0n) is 15.2. The Morgan fingerprint density at radius 3 is 2.44 bits per heavy atom. The van der Waals surface area contributed by atoms with E-state index in [1.165, 1.54) is 0 Å². The summed E-state index contributed by atoms with van der Waals surface area (Å²) in [5, 5.41) is 2.93. The molecular weight excluding hydrogens is 406 g/mol. The van der Waals surface area contributed by atoms with E-state index >= 15 is 0 Å². The third kappa shape index (κ3) is 4.68. The topological polar surface area (TPSA) is 47.6 Å². The molecule has 3 aromatic carbocycles. The minimum Gasteiger partial charge on any atom is -0.493 e. The van der Waals surface area contributed by atoms with Crippen LogP contribution in [0.1, 0.15) is 21.5 Å². The fourth-order valence-corrected chi connectivity index (χ4v) is 3.18. The molecule has 0 saturated heterocycles. The number of halogens is 1. The van der Waals surface area contributed by atoms with Gasteiger partial charge >= 0.3 is 0 Å². The fourth-order valence-electron chi connectivity index (χ4n) is 2.63. The maximum Gasteiger partial charge on any atom is 0.255 e. The lowest BCUT2D eigenvalue weighted by atomic mass is 10.1. The van der Waals surface area contributed by atoms with Gasteiger partial charge < -0.3 is 14.8 Å². The number of ether oxygens (including phenoxy) is 2. The van der Waals surface area contributed by atoms with Crippen LogP contribution in [0.4, 0.5) is 5.69 Å². The lowest BCUT2D eigenvalue weighted by Crippen LogP contribution is -2.13. The van der Waals surface area contributed by atoms with Crippen LogP contribution in [0.15, 0.2) is 71.2 Å². The van der Waals surface area contributed by atoms with Crippen LogP contribution in [0.2, 0.25) is 0 Å². The molecule has 0 aromatic heterocycles. The van der Waals surface area contributed by atoms with Crippen LogP contribution in [0.3, 0.4) is 0 Å². The minimum atomic E-state index is -0.210. The van der Waals surface area contributed by atoms with E-state index in [2.05, 4.69) is 21.2 Å². The number of carbonyl (C=O) groups is 1. The van der Waals surface area contributed by atoms with E-state index in [0.717, 1.165) is 16.8 Å². The Kier molecular flexibility index (Phi) is 6.14. The number of hydrogen-bond donors (Lipinski definition) is 1. The molecule has 4 nitrogen and oxygen atoms in total. The van der Waals surface area contributed by atoms with Gasteiger partial charge in [-0.1, -0.05) is 48.5 Å². The van der Waals surface area contributed by atoms with Crippen molar-refractivity contribution in [2.75, 3.05) is 12.4 Å². The Morgan fingerprint density at radius 1 is 1.04 bits per heavy atom. The molecule has 3 rings (SSSR count). The Bertz CT molecular complexity index is 942. The van der Waals surface area contributed by atoms with Crippen LogP contribution >= 0.6 is 15.9 Å². The molecule has 0 bridgehead atoms. The summed E-state index contributed by atoms with van der Waals surface area (Å²) in [4.78, 5) is 12.6. The number of aryl methyl sites for hydroxylation is 1. The van der Waals surface area contributed by atoms with E-state index in [9.17, 15) is 4.79 Å². The first-order valence-electron chi connectivity index (χ1n) is 8.49. The van der Waals surface area contributed by atoms with Gasteiger partial charge in [0.1, 0.15) is 6.61 Å². The molecular formula is C22H20BrNO3. The van der Waals surface area contributed by atoms with Crippen LogP contribution in [0, 0.1) is 6.92 Å². The Balaban J connectivity index is 1.81. The Labute approximate surface area is 167 Å². The zero-order chi connectivity index (χ0) is 19.2. The lowest BCUT2D eigenvalue weighted by Gasteiger charge is -2.15. The predicted molar refractivity (Wildman–Crippen MR) is 111 cm³/mol. The first-order chi connectivity index (χ1) is 13.1. The molecule has 27 heavy (non-hydrogen) atoms. The van der Waals surface area contributed by atoms with Gasteiger partial charge in [-0.2, -0.15) is 0 Å². The number of anilines is 1. The molecule has 0 heterocycles. The van der Waals surface area contributed by atoms with E-state index in [1.54, 1.807) is 19.2 Å². The van der Waals surface area contributed by atoms with Crippen molar-refractivity contribution in [3.8, 4) is 11.5 Å². The van der Waals surface area contributed by atoms with Crippen molar-refractivity contribution in [2.24, 2.45) is 0 Å². The van der Waals surface area contributed by atoms with Gasteiger partial charge in [0.05, 0.1) is 11.6 Å². The van der Waals surface area contributed by atoms with Gasteiger partial charge in [0.25, 0.3) is 5.91 Å². The number of methoxy groups -OCH3 is 1. The van der Waals surface area contributed by atoms with Crippen molar-refractivity contribution in [1.29, 1.82) is 0 Å². The zero-order valence-corrected chi connectivity index (χ0v) is 16.7.